The van der Waals surface area contributed by atoms with Crippen LogP contribution in [0.3, 0.4) is 0 Å². The van der Waals surface area contributed by atoms with Crippen molar-refractivity contribution in [3.05, 3.63) is 24.2 Å². The van der Waals surface area contributed by atoms with Crippen LogP contribution in [0.4, 0.5) is 0 Å². The van der Waals surface area contributed by atoms with Crippen LogP contribution < -0.4 is 0 Å². The highest BCUT2D eigenvalue weighted by atomic mass is 16.5. The number of furan rings is 1. The van der Waals surface area contributed by atoms with Crippen molar-refractivity contribution in [3.63, 3.8) is 0 Å². The van der Waals surface area contributed by atoms with Crippen molar-refractivity contribution in [2.75, 3.05) is 0 Å². The maximum absolute atomic E-state index is 11.9. The number of fused-ring (bicyclic) bond motifs is 2. The van der Waals surface area contributed by atoms with Crippen molar-refractivity contribution in [1.29, 1.82) is 0 Å². The van der Waals surface area contributed by atoms with Crippen LogP contribution in [-0.2, 0) is 4.74 Å². The third-order valence-corrected chi connectivity index (χ3v) is 3.21. The molecule has 0 aromatic carbocycles. The second kappa shape index (κ2) is 2.95. The minimum atomic E-state index is 0.0416. The van der Waals surface area contributed by atoms with Gasteiger partial charge < -0.3 is 9.15 Å². The summed E-state index contributed by atoms with van der Waals surface area (Å²) in [7, 11) is 0. The van der Waals surface area contributed by atoms with Crippen LogP contribution in [0.1, 0.15) is 29.8 Å². The van der Waals surface area contributed by atoms with Crippen molar-refractivity contribution in [2.45, 2.75) is 31.5 Å². The van der Waals surface area contributed by atoms with Crippen molar-refractivity contribution < 1.29 is 13.9 Å². The zero-order chi connectivity index (χ0) is 9.54. The maximum atomic E-state index is 11.9. The summed E-state index contributed by atoms with van der Waals surface area (Å²) in [6, 6.07) is 3.48. The van der Waals surface area contributed by atoms with E-state index in [1.165, 1.54) is 0 Å². The quantitative estimate of drug-likeness (QED) is 0.673. The molecule has 2 bridgehead atoms. The van der Waals surface area contributed by atoms with Gasteiger partial charge >= 0.3 is 0 Å². The highest BCUT2D eigenvalue weighted by molar-refractivity contribution is 5.96. The van der Waals surface area contributed by atoms with Gasteiger partial charge in [-0.15, -0.1) is 0 Å². The highest BCUT2D eigenvalue weighted by Gasteiger charge is 2.45. The molecule has 0 spiro atoms. The molecular formula is C11H12O3. The van der Waals surface area contributed by atoms with Crippen LogP contribution in [0.15, 0.2) is 22.8 Å². The first-order chi connectivity index (χ1) is 6.84. The molecule has 1 aromatic heterocycles. The average molecular weight is 192 g/mol. The summed E-state index contributed by atoms with van der Waals surface area (Å²) in [6.07, 6.45) is 5.04. The lowest BCUT2D eigenvalue weighted by Gasteiger charge is -2.15. The topological polar surface area (TPSA) is 39.4 Å². The lowest BCUT2D eigenvalue weighted by Crippen LogP contribution is -2.25. The molecule has 74 valence electrons. The minimum Gasteiger partial charge on any atom is -0.461 e. The van der Waals surface area contributed by atoms with E-state index in [0.717, 1.165) is 19.3 Å². The second-order valence-electron chi connectivity index (χ2n) is 4.06. The Labute approximate surface area is 82.0 Å². The number of rotatable bonds is 2. The molecule has 0 radical (unpaired) electrons. The number of hydrogen-bond donors (Lipinski definition) is 0. The standard InChI is InChI=1S/C11H12O3/c12-11(10-2-1-5-13-10)8-6-7-3-4-9(8)14-7/h1-2,5,7-9H,3-4,6H2. The first kappa shape index (κ1) is 8.24. The Morgan fingerprint density at radius 3 is 2.93 bits per heavy atom. The van der Waals surface area contributed by atoms with Crippen molar-refractivity contribution in [3.8, 4) is 0 Å². The molecule has 1 aromatic rings. The average Bonchev–Trinajstić information content (AvgIpc) is 2.93. The predicted octanol–water partition coefficient (Wildman–Crippen LogP) is 2.03. The third-order valence-electron chi connectivity index (χ3n) is 3.21. The largest absolute Gasteiger partial charge is 0.461 e. The van der Waals surface area contributed by atoms with Gasteiger partial charge in [-0.05, 0) is 31.4 Å². The van der Waals surface area contributed by atoms with Crippen LogP contribution in [0.2, 0.25) is 0 Å². The Bertz CT molecular complexity index is 341. The van der Waals surface area contributed by atoms with Crippen LogP contribution >= 0.6 is 0 Å². The number of ketones is 1. The van der Waals surface area contributed by atoms with E-state index < -0.39 is 0 Å². The first-order valence-corrected chi connectivity index (χ1v) is 5.08. The summed E-state index contributed by atoms with van der Waals surface area (Å²) >= 11 is 0. The Kier molecular flexibility index (Phi) is 1.74. The fourth-order valence-corrected chi connectivity index (χ4v) is 2.52. The van der Waals surface area contributed by atoms with E-state index >= 15 is 0 Å². The molecule has 0 saturated carbocycles. The first-order valence-electron chi connectivity index (χ1n) is 5.08. The Morgan fingerprint density at radius 1 is 1.43 bits per heavy atom. The molecule has 3 heterocycles. The smallest absolute Gasteiger partial charge is 0.203 e. The molecular weight excluding hydrogens is 180 g/mol. The van der Waals surface area contributed by atoms with Gasteiger partial charge in [0.2, 0.25) is 5.78 Å². The molecule has 0 amide bonds. The zero-order valence-electron chi connectivity index (χ0n) is 7.81. The molecule has 2 saturated heterocycles. The Morgan fingerprint density at radius 2 is 2.36 bits per heavy atom. The summed E-state index contributed by atoms with van der Waals surface area (Å²) < 4.78 is 10.8. The molecule has 3 atom stereocenters. The molecule has 0 aliphatic carbocycles. The SMILES string of the molecule is O=C(c1ccco1)C1CC2CCC1O2. The van der Waals surface area contributed by atoms with Crippen LogP contribution in [-0.4, -0.2) is 18.0 Å². The van der Waals surface area contributed by atoms with E-state index in [9.17, 15) is 4.79 Å². The highest BCUT2D eigenvalue weighted by Crippen LogP contribution is 2.40. The van der Waals surface area contributed by atoms with Gasteiger partial charge in [-0.25, -0.2) is 0 Å². The van der Waals surface area contributed by atoms with Gasteiger partial charge in [0.15, 0.2) is 5.76 Å². The van der Waals surface area contributed by atoms with Gasteiger partial charge in [0.25, 0.3) is 0 Å². The fourth-order valence-electron chi connectivity index (χ4n) is 2.52. The number of carbonyl (C=O) groups is 1. The van der Waals surface area contributed by atoms with Gasteiger partial charge in [0.1, 0.15) is 0 Å². The van der Waals surface area contributed by atoms with Gasteiger partial charge in [0, 0.05) is 0 Å². The normalized spacial score (nSPS) is 35.0. The van der Waals surface area contributed by atoms with E-state index in [1.807, 2.05) is 0 Å². The van der Waals surface area contributed by atoms with Crippen molar-refractivity contribution in [1.82, 2.24) is 0 Å². The van der Waals surface area contributed by atoms with E-state index in [0.29, 0.717) is 11.9 Å². The van der Waals surface area contributed by atoms with Crippen LogP contribution in [0, 0.1) is 5.92 Å². The molecule has 2 aliphatic rings. The van der Waals surface area contributed by atoms with E-state index in [2.05, 4.69) is 0 Å². The van der Waals surface area contributed by atoms with Gasteiger partial charge in [-0.1, -0.05) is 0 Å². The molecule has 3 heteroatoms. The molecule has 3 unspecified atom stereocenters. The van der Waals surface area contributed by atoms with E-state index in [1.54, 1.807) is 18.4 Å². The lowest BCUT2D eigenvalue weighted by molar-refractivity contribution is 0.0722. The van der Waals surface area contributed by atoms with E-state index in [-0.39, 0.29) is 17.8 Å². The summed E-state index contributed by atoms with van der Waals surface area (Å²) in [4.78, 5) is 11.9. The number of carbonyl (C=O) groups excluding carboxylic acids is 1. The van der Waals surface area contributed by atoms with Crippen molar-refractivity contribution in [2.24, 2.45) is 5.92 Å². The Balaban J connectivity index is 1.81. The molecule has 2 aliphatic heterocycles. The number of ether oxygens (including phenoxy) is 1. The summed E-state index contributed by atoms with van der Waals surface area (Å²) in [6.45, 7) is 0. The molecule has 0 N–H and O–H groups in total. The number of hydrogen-bond acceptors (Lipinski definition) is 3. The van der Waals surface area contributed by atoms with Crippen LogP contribution in [0.25, 0.3) is 0 Å². The van der Waals surface area contributed by atoms with Gasteiger partial charge in [0.05, 0.1) is 24.4 Å². The minimum absolute atomic E-state index is 0.0416. The third kappa shape index (κ3) is 1.12. The second-order valence-corrected chi connectivity index (χ2v) is 4.06. The monoisotopic (exact) mass is 192 g/mol. The number of Topliss-reactive ketones (excluding diaryl/α,β-unsaturated/α-hetero) is 1. The van der Waals surface area contributed by atoms with Crippen LogP contribution in [0.5, 0.6) is 0 Å². The van der Waals surface area contributed by atoms with Crippen molar-refractivity contribution >= 4 is 5.78 Å². The summed E-state index contributed by atoms with van der Waals surface area (Å²) in [5, 5.41) is 0. The zero-order valence-corrected chi connectivity index (χ0v) is 7.81. The predicted molar refractivity (Wildman–Crippen MR) is 49.0 cm³/mol. The molecule has 14 heavy (non-hydrogen) atoms. The molecule has 2 fully saturated rings. The van der Waals surface area contributed by atoms with Gasteiger partial charge in [-0.2, -0.15) is 0 Å². The molecule has 3 nitrogen and oxygen atoms in total. The van der Waals surface area contributed by atoms with Gasteiger partial charge in [-0.3, -0.25) is 4.79 Å². The fraction of sp³-hybridized carbons (Fsp3) is 0.545. The summed E-state index contributed by atoms with van der Waals surface area (Å²) in [5.41, 5.74) is 0. The lowest BCUT2D eigenvalue weighted by atomic mass is 9.85. The Hall–Kier alpha value is -1.09. The maximum Gasteiger partial charge on any atom is 0.203 e. The van der Waals surface area contributed by atoms with E-state index in [4.69, 9.17) is 9.15 Å². The molecule has 3 rings (SSSR count). The summed E-state index contributed by atoms with van der Waals surface area (Å²) in [5.74, 6) is 0.633.